The summed E-state index contributed by atoms with van der Waals surface area (Å²) in [4.78, 5) is 16.0. The number of carbonyl (C=O) groups is 1. The maximum absolute atomic E-state index is 13.7. The van der Waals surface area contributed by atoms with Crippen LogP contribution in [-0.2, 0) is 12.4 Å². The van der Waals surface area contributed by atoms with E-state index in [1.807, 2.05) is 0 Å². The lowest BCUT2D eigenvalue weighted by molar-refractivity contribution is -0.143. The van der Waals surface area contributed by atoms with E-state index in [0.29, 0.717) is 29.7 Å². The number of amides is 2. The minimum Gasteiger partial charge on any atom is -0.330 e. The standard InChI is InChI=1S/C24H26F7N3O/c1-13-8-19(25)4-5-20(13)21-15(12-32)6-7-34(21)22(35)33(3)14(2)16-9-17(23(26,27)28)11-18(10-16)24(29,30)31/h4-5,8-11,14-15,21H,6-7,12,32H2,1-3H3. The summed E-state index contributed by atoms with van der Waals surface area (Å²) >= 11 is 0. The van der Waals surface area contributed by atoms with Gasteiger partial charge in [0.1, 0.15) is 5.82 Å². The van der Waals surface area contributed by atoms with Gasteiger partial charge >= 0.3 is 18.4 Å². The molecular formula is C24H26F7N3O. The molecule has 1 saturated heterocycles. The van der Waals surface area contributed by atoms with Crippen molar-refractivity contribution in [2.24, 2.45) is 11.7 Å². The fourth-order valence-corrected chi connectivity index (χ4v) is 4.52. The number of aryl methyl sites for hydroxylation is 1. The average molecular weight is 505 g/mol. The third-order valence-electron chi connectivity index (χ3n) is 6.60. The van der Waals surface area contributed by atoms with Crippen molar-refractivity contribution in [1.29, 1.82) is 0 Å². The summed E-state index contributed by atoms with van der Waals surface area (Å²) in [6.07, 6.45) is -9.44. The number of nitrogens with zero attached hydrogens (tertiary/aromatic N) is 2. The number of hydrogen-bond donors (Lipinski definition) is 1. The second-order valence-electron chi connectivity index (χ2n) is 8.83. The highest BCUT2D eigenvalue weighted by molar-refractivity contribution is 5.76. The van der Waals surface area contributed by atoms with Crippen LogP contribution in [0.15, 0.2) is 36.4 Å². The number of urea groups is 1. The second-order valence-corrected chi connectivity index (χ2v) is 8.83. The highest BCUT2D eigenvalue weighted by Crippen LogP contribution is 2.41. The van der Waals surface area contributed by atoms with Gasteiger partial charge < -0.3 is 15.5 Å². The Kier molecular flexibility index (Phi) is 7.40. The molecule has 2 aromatic rings. The summed E-state index contributed by atoms with van der Waals surface area (Å²) in [5.41, 5.74) is 4.01. The third kappa shape index (κ3) is 5.55. The zero-order valence-electron chi connectivity index (χ0n) is 19.3. The van der Waals surface area contributed by atoms with Gasteiger partial charge in [0.2, 0.25) is 0 Å². The van der Waals surface area contributed by atoms with Crippen molar-refractivity contribution >= 4 is 6.03 Å². The maximum Gasteiger partial charge on any atom is 0.416 e. The summed E-state index contributed by atoms with van der Waals surface area (Å²) in [6.45, 7) is 3.59. The fourth-order valence-electron chi connectivity index (χ4n) is 4.52. The van der Waals surface area contributed by atoms with Gasteiger partial charge in [0, 0.05) is 13.6 Å². The maximum atomic E-state index is 13.7. The number of halogens is 7. The lowest BCUT2D eigenvalue weighted by atomic mass is 9.91. The van der Waals surface area contributed by atoms with E-state index in [1.54, 1.807) is 13.0 Å². The zero-order chi connectivity index (χ0) is 26.3. The number of nitrogens with two attached hydrogens (primary N) is 1. The average Bonchev–Trinajstić information content (AvgIpc) is 3.19. The highest BCUT2D eigenvalue weighted by Gasteiger charge is 2.41. The van der Waals surface area contributed by atoms with E-state index in [9.17, 15) is 35.5 Å². The lowest BCUT2D eigenvalue weighted by Crippen LogP contribution is -2.43. The molecule has 0 bridgehead atoms. The van der Waals surface area contributed by atoms with Crippen molar-refractivity contribution in [1.82, 2.24) is 9.80 Å². The number of rotatable bonds is 4. The van der Waals surface area contributed by atoms with Crippen molar-refractivity contribution in [3.8, 4) is 0 Å². The molecule has 192 valence electrons. The van der Waals surface area contributed by atoms with Gasteiger partial charge in [-0.1, -0.05) is 6.07 Å². The molecule has 1 aliphatic rings. The lowest BCUT2D eigenvalue weighted by Gasteiger charge is -2.35. The molecule has 3 atom stereocenters. The topological polar surface area (TPSA) is 49.6 Å². The van der Waals surface area contributed by atoms with Gasteiger partial charge in [0.25, 0.3) is 0 Å². The molecule has 0 saturated carbocycles. The van der Waals surface area contributed by atoms with Gasteiger partial charge in [-0.15, -0.1) is 0 Å². The Balaban J connectivity index is 1.96. The normalized spacial score (nSPS) is 19.7. The van der Waals surface area contributed by atoms with Crippen LogP contribution in [0.3, 0.4) is 0 Å². The van der Waals surface area contributed by atoms with E-state index >= 15 is 0 Å². The molecule has 1 aliphatic heterocycles. The Morgan fingerprint density at radius 1 is 1.09 bits per heavy atom. The molecule has 4 nitrogen and oxygen atoms in total. The molecule has 3 rings (SSSR count). The van der Waals surface area contributed by atoms with Crippen LogP contribution in [0.2, 0.25) is 0 Å². The Hall–Kier alpha value is -2.82. The number of alkyl halides is 6. The van der Waals surface area contributed by atoms with Crippen LogP contribution in [0.1, 0.15) is 53.2 Å². The summed E-state index contributed by atoms with van der Waals surface area (Å²) < 4.78 is 93.4. The molecule has 1 heterocycles. The largest absolute Gasteiger partial charge is 0.416 e. The van der Waals surface area contributed by atoms with E-state index in [4.69, 9.17) is 5.73 Å². The molecule has 0 aliphatic carbocycles. The molecule has 0 spiro atoms. The Morgan fingerprint density at radius 2 is 1.66 bits per heavy atom. The van der Waals surface area contributed by atoms with Gasteiger partial charge in [-0.05, 0) is 79.8 Å². The molecule has 2 aromatic carbocycles. The molecule has 2 amide bonds. The van der Waals surface area contributed by atoms with Crippen LogP contribution in [0.25, 0.3) is 0 Å². The van der Waals surface area contributed by atoms with Crippen molar-refractivity contribution in [2.75, 3.05) is 20.1 Å². The molecule has 1 fully saturated rings. The van der Waals surface area contributed by atoms with E-state index in [-0.39, 0.29) is 30.6 Å². The molecule has 11 heteroatoms. The van der Waals surface area contributed by atoms with Crippen molar-refractivity contribution in [2.45, 2.75) is 44.7 Å². The van der Waals surface area contributed by atoms with Crippen molar-refractivity contribution in [3.05, 3.63) is 70.0 Å². The Bertz CT molecular complexity index is 1050. The number of benzene rings is 2. The van der Waals surface area contributed by atoms with E-state index in [0.717, 1.165) is 4.90 Å². The predicted molar refractivity (Wildman–Crippen MR) is 116 cm³/mol. The number of hydrogen-bond acceptors (Lipinski definition) is 2. The monoisotopic (exact) mass is 505 g/mol. The first-order valence-corrected chi connectivity index (χ1v) is 10.9. The fraction of sp³-hybridized carbons (Fsp3) is 0.458. The minimum absolute atomic E-state index is 0.0533. The summed E-state index contributed by atoms with van der Waals surface area (Å²) in [5, 5.41) is 0. The third-order valence-corrected chi connectivity index (χ3v) is 6.60. The second kappa shape index (κ2) is 9.67. The van der Waals surface area contributed by atoms with Crippen LogP contribution >= 0.6 is 0 Å². The van der Waals surface area contributed by atoms with Crippen LogP contribution < -0.4 is 5.73 Å². The first-order chi connectivity index (χ1) is 16.1. The van der Waals surface area contributed by atoms with Gasteiger partial charge in [0.15, 0.2) is 0 Å². The molecule has 35 heavy (non-hydrogen) atoms. The van der Waals surface area contributed by atoms with Crippen LogP contribution in [0.5, 0.6) is 0 Å². The van der Waals surface area contributed by atoms with Crippen LogP contribution in [0.4, 0.5) is 35.5 Å². The van der Waals surface area contributed by atoms with Gasteiger partial charge in [-0.3, -0.25) is 0 Å². The van der Waals surface area contributed by atoms with Crippen LogP contribution in [0, 0.1) is 18.7 Å². The summed E-state index contributed by atoms with van der Waals surface area (Å²) in [6, 6.07) is 3.28. The van der Waals surface area contributed by atoms with E-state index < -0.39 is 47.4 Å². The minimum atomic E-state index is -4.99. The highest BCUT2D eigenvalue weighted by atomic mass is 19.4. The smallest absolute Gasteiger partial charge is 0.330 e. The molecular weight excluding hydrogens is 479 g/mol. The SMILES string of the molecule is Cc1cc(F)ccc1C1C(CN)CCN1C(=O)N(C)C(C)c1cc(C(F)(F)F)cc(C(F)(F)F)c1. The van der Waals surface area contributed by atoms with Gasteiger partial charge in [0.05, 0.1) is 23.2 Å². The van der Waals surface area contributed by atoms with Crippen molar-refractivity contribution < 1.29 is 35.5 Å². The van der Waals surface area contributed by atoms with E-state index in [2.05, 4.69) is 0 Å². The molecule has 2 N–H and O–H groups in total. The molecule has 0 aromatic heterocycles. The quantitative estimate of drug-likeness (QED) is 0.496. The van der Waals surface area contributed by atoms with Crippen LogP contribution in [-0.4, -0.2) is 36.0 Å². The predicted octanol–water partition coefficient (Wildman–Crippen LogP) is 6.31. The Morgan fingerprint density at radius 3 is 2.14 bits per heavy atom. The zero-order valence-corrected chi connectivity index (χ0v) is 19.3. The first kappa shape index (κ1) is 26.8. The first-order valence-electron chi connectivity index (χ1n) is 10.9. The van der Waals surface area contributed by atoms with E-state index in [1.165, 1.54) is 31.0 Å². The molecule has 0 radical (unpaired) electrons. The van der Waals surface area contributed by atoms with Gasteiger partial charge in [-0.25, -0.2) is 9.18 Å². The molecule has 3 unspecified atom stereocenters. The Labute approximate surface area is 198 Å². The van der Waals surface area contributed by atoms with Gasteiger partial charge in [-0.2, -0.15) is 26.3 Å². The number of likely N-dealkylation sites (tertiary alicyclic amines) is 1. The van der Waals surface area contributed by atoms with Crippen molar-refractivity contribution in [3.63, 3.8) is 0 Å². The summed E-state index contributed by atoms with van der Waals surface area (Å²) in [7, 11) is 1.32. The summed E-state index contributed by atoms with van der Waals surface area (Å²) in [5.74, 6) is -0.584. The number of carbonyl (C=O) groups excluding carboxylic acids is 1.